The van der Waals surface area contributed by atoms with Gasteiger partial charge in [-0.05, 0) is 24.3 Å². The Hall–Kier alpha value is -3.14. The molecule has 11 heteroatoms. The molecule has 29 heavy (non-hydrogen) atoms. The smallest absolute Gasteiger partial charge is 0.367 e. The van der Waals surface area contributed by atoms with E-state index in [0.29, 0.717) is 6.20 Å². The number of pyridine rings is 1. The average molecular weight is 427 g/mol. The number of hydrogen-bond acceptors (Lipinski definition) is 5. The molecule has 0 radical (unpaired) electrons. The van der Waals surface area contributed by atoms with E-state index in [0.717, 1.165) is 11.0 Å². The van der Waals surface area contributed by atoms with Gasteiger partial charge in [-0.15, -0.1) is 0 Å². The third-order valence-electron chi connectivity index (χ3n) is 4.22. The van der Waals surface area contributed by atoms with Gasteiger partial charge in [0.15, 0.2) is 0 Å². The molecule has 152 valence electrons. The van der Waals surface area contributed by atoms with Gasteiger partial charge in [-0.25, -0.2) is 4.98 Å². The maximum absolute atomic E-state index is 12.6. The van der Waals surface area contributed by atoms with Crippen molar-refractivity contribution in [2.75, 3.05) is 25.5 Å². The summed E-state index contributed by atoms with van der Waals surface area (Å²) in [6.45, 7) is 0.261. The molecule has 0 saturated heterocycles. The van der Waals surface area contributed by atoms with Gasteiger partial charge in [-0.2, -0.15) is 13.2 Å². The topological polar surface area (TPSA) is 91.4 Å². The number of anilines is 1. The summed E-state index contributed by atoms with van der Waals surface area (Å²) >= 11 is 5.79. The second-order valence-electron chi connectivity index (χ2n) is 6.16. The lowest BCUT2D eigenvalue weighted by atomic mass is 10.1. The SMILES string of the molecule is CN1C(=O)c2ccc(C(=O)NCCNc3ncc(C(F)(F)F)cc3Cl)cc2C1=O. The van der Waals surface area contributed by atoms with Crippen LogP contribution in [0.1, 0.15) is 36.6 Å². The maximum atomic E-state index is 12.6. The van der Waals surface area contributed by atoms with E-state index in [-0.39, 0.29) is 40.6 Å². The summed E-state index contributed by atoms with van der Waals surface area (Å²) in [6.07, 6.45) is -3.88. The van der Waals surface area contributed by atoms with Crippen molar-refractivity contribution in [1.29, 1.82) is 0 Å². The number of halogens is 4. The molecule has 0 unspecified atom stereocenters. The highest BCUT2D eigenvalue weighted by Gasteiger charge is 2.33. The first kappa shape index (κ1) is 20.6. The largest absolute Gasteiger partial charge is 0.417 e. The molecular weight excluding hydrogens is 413 g/mol. The van der Waals surface area contributed by atoms with Crippen molar-refractivity contribution in [2.45, 2.75) is 6.18 Å². The van der Waals surface area contributed by atoms with E-state index < -0.39 is 29.5 Å². The summed E-state index contributed by atoms with van der Waals surface area (Å²) in [5.41, 5.74) is -0.370. The van der Waals surface area contributed by atoms with Crippen LogP contribution in [0.25, 0.3) is 0 Å². The number of imide groups is 1. The van der Waals surface area contributed by atoms with Gasteiger partial charge in [0.2, 0.25) is 0 Å². The molecule has 0 atom stereocenters. The minimum Gasteiger partial charge on any atom is -0.367 e. The monoisotopic (exact) mass is 426 g/mol. The lowest BCUT2D eigenvalue weighted by Gasteiger charge is -2.11. The fourth-order valence-electron chi connectivity index (χ4n) is 2.68. The van der Waals surface area contributed by atoms with Crippen LogP contribution >= 0.6 is 11.6 Å². The Morgan fingerprint density at radius 2 is 1.83 bits per heavy atom. The van der Waals surface area contributed by atoms with E-state index in [9.17, 15) is 27.6 Å². The predicted octanol–water partition coefficient (Wildman–Crippen LogP) is 2.82. The number of aromatic nitrogens is 1. The maximum Gasteiger partial charge on any atom is 0.417 e. The van der Waals surface area contributed by atoms with Gasteiger partial charge in [0.1, 0.15) is 5.82 Å². The van der Waals surface area contributed by atoms with Crippen molar-refractivity contribution < 1.29 is 27.6 Å². The number of hydrogen-bond donors (Lipinski definition) is 2. The third-order valence-corrected chi connectivity index (χ3v) is 4.51. The molecule has 1 aliphatic heterocycles. The molecule has 3 amide bonds. The van der Waals surface area contributed by atoms with Crippen LogP contribution in [0.3, 0.4) is 0 Å². The summed E-state index contributed by atoms with van der Waals surface area (Å²) in [6, 6.07) is 4.95. The first-order valence-electron chi connectivity index (χ1n) is 8.31. The van der Waals surface area contributed by atoms with Gasteiger partial charge in [0.25, 0.3) is 17.7 Å². The zero-order valence-corrected chi connectivity index (χ0v) is 15.7. The Labute approximate surface area is 167 Å². The summed E-state index contributed by atoms with van der Waals surface area (Å²) in [5, 5.41) is 5.12. The second-order valence-corrected chi connectivity index (χ2v) is 6.57. The number of alkyl halides is 3. The van der Waals surface area contributed by atoms with Gasteiger partial charge in [-0.1, -0.05) is 11.6 Å². The first-order valence-corrected chi connectivity index (χ1v) is 8.68. The molecule has 2 heterocycles. The van der Waals surface area contributed by atoms with Gasteiger partial charge in [0, 0.05) is 31.9 Å². The Kier molecular flexibility index (Phi) is 5.47. The number of amides is 3. The van der Waals surface area contributed by atoms with E-state index in [1.807, 2.05) is 0 Å². The Morgan fingerprint density at radius 1 is 1.14 bits per heavy atom. The zero-order valence-electron chi connectivity index (χ0n) is 14.9. The minimum absolute atomic E-state index is 0.0543. The molecule has 1 aliphatic rings. The highest BCUT2D eigenvalue weighted by Crippen LogP contribution is 2.32. The molecule has 0 bridgehead atoms. The van der Waals surface area contributed by atoms with Crippen LogP contribution in [0.2, 0.25) is 5.02 Å². The molecule has 0 aliphatic carbocycles. The fraction of sp³-hybridized carbons (Fsp3) is 0.222. The molecular formula is C18H14ClF3N4O3. The Bertz CT molecular complexity index is 1010. The Morgan fingerprint density at radius 3 is 2.48 bits per heavy atom. The number of nitrogens with one attached hydrogen (secondary N) is 2. The number of fused-ring (bicyclic) bond motifs is 1. The molecule has 7 nitrogen and oxygen atoms in total. The van der Waals surface area contributed by atoms with Crippen LogP contribution < -0.4 is 10.6 Å². The lowest BCUT2D eigenvalue weighted by Crippen LogP contribution is -2.29. The number of carbonyl (C=O) groups is 3. The van der Waals surface area contributed by atoms with Gasteiger partial charge in [0.05, 0.1) is 21.7 Å². The van der Waals surface area contributed by atoms with Crippen LogP contribution in [0.15, 0.2) is 30.5 Å². The van der Waals surface area contributed by atoms with Crippen molar-refractivity contribution in [3.8, 4) is 0 Å². The van der Waals surface area contributed by atoms with E-state index in [1.165, 1.54) is 25.2 Å². The molecule has 1 aromatic carbocycles. The molecule has 0 saturated carbocycles. The molecule has 2 aromatic rings. The highest BCUT2D eigenvalue weighted by molar-refractivity contribution is 6.33. The average Bonchev–Trinajstić information content (AvgIpc) is 2.89. The predicted molar refractivity (Wildman–Crippen MR) is 97.9 cm³/mol. The molecule has 3 rings (SSSR count). The molecule has 2 N–H and O–H groups in total. The third kappa shape index (κ3) is 4.16. The number of nitrogens with zero attached hydrogens (tertiary/aromatic N) is 2. The zero-order chi connectivity index (χ0) is 21.3. The fourth-order valence-corrected chi connectivity index (χ4v) is 2.92. The van der Waals surface area contributed by atoms with Crippen molar-refractivity contribution in [1.82, 2.24) is 15.2 Å². The van der Waals surface area contributed by atoms with Crippen molar-refractivity contribution in [3.63, 3.8) is 0 Å². The van der Waals surface area contributed by atoms with Crippen LogP contribution in [-0.2, 0) is 6.18 Å². The van der Waals surface area contributed by atoms with Crippen LogP contribution in [0, 0.1) is 0 Å². The quantitative estimate of drug-likeness (QED) is 0.566. The first-order chi connectivity index (χ1) is 13.6. The van der Waals surface area contributed by atoms with E-state index in [4.69, 9.17) is 11.6 Å². The number of benzene rings is 1. The van der Waals surface area contributed by atoms with Crippen molar-refractivity contribution >= 4 is 35.1 Å². The van der Waals surface area contributed by atoms with Gasteiger partial charge >= 0.3 is 6.18 Å². The summed E-state index contributed by atoms with van der Waals surface area (Å²) in [5.74, 6) is -1.33. The Balaban J connectivity index is 1.56. The summed E-state index contributed by atoms with van der Waals surface area (Å²) < 4.78 is 37.8. The number of carbonyl (C=O) groups excluding carboxylic acids is 3. The summed E-state index contributed by atoms with van der Waals surface area (Å²) in [4.78, 5) is 40.7. The van der Waals surface area contributed by atoms with Crippen LogP contribution in [0.5, 0.6) is 0 Å². The normalized spacial score (nSPS) is 13.5. The van der Waals surface area contributed by atoms with Gasteiger partial charge < -0.3 is 10.6 Å². The van der Waals surface area contributed by atoms with E-state index in [1.54, 1.807) is 0 Å². The van der Waals surface area contributed by atoms with Crippen molar-refractivity contribution in [3.05, 3.63) is 57.7 Å². The second kappa shape index (κ2) is 7.70. The summed E-state index contributed by atoms with van der Waals surface area (Å²) in [7, 11) is 1.36. The molecule has 0 spiro atoms. The number of rotatable bonds is 5. The van der Waals surface area contributed by atoms with Gasteiger partial charge in [-0.3, -0.25) is 19.3 Å². The van der Waals surface area contributed by atoms with E-state index >= 15 is 0 Å². The van der Waals surface area contributed by atoms with Crippen LogP contribution in [-0.4, -0.2) is 47.7 Å². The minimum atomic E-state index is -4.54. The molecule has 0 fully saturated rings. The molecule has 1 aromatic heterocycles. The van der Waals surface area contributed by atoms with Crippen LogP contribution in [0.4, 0.5) is 19.0 Å². The lowest BCUT2D eigenvalue weighted by molar-refractivity contribution is -0.137. The van der Waals surface area contributed by atoms with Crippen molar-refractivity contribution in [2.24, 2.45) is 0 Å². The van der Waals surface area contributed by atoms with E-state index in [2.05, 4.69) is 15.6 Å². The standard InChI is InChI=1S/C18H14ClF3N4O3/c1-26-16(28)11-3-2-9(6-12(11)17(26)29)15(27)24-5-4-23-14-13(19)7-10(8-25-14)18(20,21)22/h2-3,6-8H,4-5H2,1H3,(H,23,25)(H,24,27). The highest BCUT2D eigenvalue weighted by atomic mass is 35.5.